The van der Waals surface area contributed by atoms with Crippen molar-refractivity contribution in [3.8, 4) is 11.1 Å². The van der Waals surface area contributed by atoms with Crippen molar-refractivity contribution in [2.24, 2.45) is 0 Å². The van der Waals surface area contributed by atoms with Gasteiger partial charge in [-0.3, -0.25) is 14.3 Å². The molecule has 1 fully saturated rings. The lowest BCUT2D eigenvalue weighted by atomic mass is 10.0. The molecule has 1 saturated heterocycles. The monoisotopic (exact) mass is 408 g/mol. The van der Waals surface area contributed by atoms with Crippen LogP contribution < -0.4 is 5.32 Å². The van der Waals surface area contributed by atoms with E-state index in [4.69, 9.17) is 4.74 Å². The number of carbonyl (C=O) groups is 2. The Bertz CT molecular complexity index is 1040. The van der Waals surface area contributed by atoms with Crippen molar-refractivity contribution in [1.29, 1.82) is 0 Å². The lowest BCUT2D eigenvalue weighted by Gasteiger charge is -2.21. The van der Waals surface area contributed by atoms with Crippen molar-refractivity contribution < 1.29 is 19.4 Å². The number of amides is 2. The topological polar surface area (TPSA) is 96.7 Å². The second-order valence-electron chi connectivity index (χ2n) is 7.15. The first kappa shape index (κ1) is 20.1. The van der Waals surface area contributed by atoms with Gasteiger partial charge in [0.25, 0.3) is 5.91 Å². The molecule has 1 aliphatic rings. The number of nitrogens with zero attached hydrogens (tertiary/aromatic N) is 3. The zero-order chi connectivity index (χ0) is 20.9. The van der Waals surface area contributed by atoms with Gasteiger partial charge in [-0.2, -0.15) is 5.10 Å². The molecule has 0 bridgehead atoms. The fourth-order valence-electron chi connectivity index (χ4n) is 3.49. The molecule has 2 heterocycles. The van der Waals surface area contributed by atoms with Crippen LogP contribution in [0.3, 0.4) is 0 Å². The van der Waals surface area contributed by atoms with Crippen LogP contribution in [0.5, 0.6) is 0 Å². The van der Waals surface area contributed by atoms with Crippen LogP contribution >= 0.6 is 0 Å². The van der Waals surface area contributed by atoms with E-state index in [1.54, 1.807) is 27.9 Å². The lowest BCUT2D eigenvalue weighted by Crippen LogP contribution is -2.38. The minimum absolute atomic E-state index is 0.0295. The Morgan fingerprint density at radius 2 is 1.97 bits per heavy atom. The maximum atomic E-state index is 12.9. The first-order chi connectivity index (χ1) is 14.7. The van der Waals surface area contributed by atoms with Gasteiger partial charge in [0.1, 0.15) is 6.73 Å². The number of carbonyl (C=O) groups excluding carboxylic acids is 2. The van der Waals surface area contributed by atoms with Crippen LogP contribution in [0.2, 0.25) is 0 Å². The fraction of sp³-hybridized carbons (Fsp3) is 0.318. The molecule has 8 nitrogen and oxygen atoms in total. The van der Waals surface area contributed by atoms with Crippen molar-refractivity contribution in [3.63, 3.8) is 0 Å². The molecule has 2 amide bonds. The molecule has 2 aromatic carbocycles. The summed E-state index contributed by atoms with van der Waals surface area (Å²) in [4.78, 5) is 26.0. The van der Waals surface area contributed by atoms with Gasteiger partial charge in [0.05, 0.1) is 37.9 Å². The molecule has 4 rings (SSSR count). The van der Waals surface area contributed by atoms with E-state index in [-0.39, 0.29) is 25.2 Å². The Kier molecular flexibility index (Phi) is 6.06. The van der Waals surface area contributed by atoms with Crippen LogP contribution in [-0.2, 0) is 16.1 Å². The Hall–Kier alpha value is -3.23. The number of hydrogen-bond acceptors (Lipinski definition) is 5. The third-order valence-electron chi connectivity index (χ3n) is 5.13. The third kappa shape index (κ3) is 4.34. The Balaban J connectivity index is 1.52. The summed E-state index contributed by atoms with van der Waals surface area (Å²) in [6.07, 6.45) is 2.09. The molecular weight excluding hydrogens is 384 g/mol. The molecule has 0 spiro atoms. The van der Waals surface area contributed by atoms with E-state index in [1.165, 1.54) is 0 Å². The van der Waals surface area contributed by atoms with Crippen LogP contribution in [-0.4, -0.2) is 64.6 Å². The first-order valence-corrected chi connectivity index (χ1v) is 9.96. The molecule has 0 radical (unpaired) electrons. The summed E-state index contributed by atoms with van der Waals surface area (Å²) >= 11 is 0. The highest BCUT2D eigenvalue weighted by Gasteiger charge is 2.18. The molecule has 0 unspecified atom stereocenters. The van der Waals surface area contributed by atoms with E-state index in [1.807, 2.05) is 30.3 Å². The maximum Gasteiger partial charge on any atom is 0.255 e. The molecule has 1 aromatic heterocycles. The molecule has 3 aromatic rings. The lowest BCUT2D eigenvalue weighted by molar-refractivity contribution is -0.121. The van der Waals surface area contributed by atoms with E-state index in [9.17, 15) is 14.7 Å². The molecule has 156 valence electrons. The SMILES string of the molecule is O=C1CCOCN(C(=O)c2ccc(-c3ccc4cnn(CCO)c4c3)cc2)CCN1. The van der Waals surface area contributed by atoms with E-state index in [0.29, 0.717) is 38.2 Å². The van der Waals surface area contributed by atoms with Crippen molar-refractivity contribution in [2.45, 2.75) is 13.0 Å². The van der Waals surface area contributed by atoms with Crippen molar-refractivity contribution in [3.05, 3.63) is 54.2 Å². The number of ether oxygens (including phenoxy) is 1. The number of fused-ring (bicyclic) bond motifs is 1. The molecule has 30 heavy (non-hydrogen) atoms. The van der Waals surface area contributed by atoms with E-state index in [2.05, 4.69) is 10.4 Å². The smallest absolute Gasteiger partial charge is 0.255 e. The fourth-order valence-corrected chi connectivity index (χ4v) is 3.49. The van der Waals surface area contributed by atoms with Crippen LogP contribution in [0.1, 0.15) is 16.8 Å². The van der Waals surface area contributed by atoms with Crippen LogP contribution in [0, 0.1) is 0 Å². The minimum Gasteiger partial charge on any atom is -0.394 e. The maximum absolute atomic E-state index is 12.9. The highest BCUT2D eigenvalue weighted by Crippen LogP contribution is 2.25. The van der Waals surface area contributed by atoms with Gasteiger partial charge in [0.15, 0.2) is 0 Å². The Morgan fingerprint density at radius 3 is 2.77 bits per heavy atom. The summed E-state index contributed by atoms with van der Waals surface area (Å²) in [5.41, 5.74) is 3.52. The average Bonchev–Trinajstić information content (AvgIpc) is 3.21. The summed E-state index contributed by atoms with van der Waals surface area (Å²) < 4.78 is 7.23. The zero-order valence-electron chi connectivity index (χ0n) is 16.6. The predicted molar refractivity (Wildman–Crippen MR) is 112 cm³/mol. The normalized spacial score (nSPS) is 15.4. The van der Waals surface area contributed by atoms with Crippen LogP contribution in [0.15, 0.2) is 48.7 Å². The first-order valence-electron chi connectivity index (χ1n) is 9.96. The van der Waals surface area contributed by atoms with E-state index in [0.717, 1.165) is 22.0 Å². The summed E-state index contributed by atoms with van der Waals surface area (Å²) in [6, 6.07) is 13.5. The van der Waals surface area contributed by atoms with E-state index >= 15 is 0 Å². The number of hydrogen-bond donors (Lipinski definition) is 2. The largest absolute Gasteiger partial charge is 0.394 e. The summed E-state index contributed by atoms with van der Waals surface area (Å²) in [5.74, 6) is -0.194. The molecule has 1 aliphatic heterocycles. The number of rotatable bonds is 4. The number of benzene rings is 2. The van der Waals surface area contributed by atoms with Gasteiger partial charge < -0.3 is 20.1 Å². The molecule has 0 saturated carbocycles. The molecule has 0 atom stereocenters. The van der Waals surface area contributed by atoms with Gasteiger partial charge in [0.2, 0.25) is 5.91 Å². The number of nitrogens with one attached hydrogen (secondary N) is 1. The second kappa shape index (κ2) is 9.06. The summed E-state index contributed by atoms with van der Waals surface area (Å²) in [6.45, 7) is 1.75. The second-order valence-corrected chi connectivity index (χ2v) is 7.15. The van der Waals surface area contributed by atoms with Crippen molar-refractivity contribution >= 4 is 22.7 Å². The van der Waals surface area contributed by atoms with E-state index < -0.39 is 0 Å². The Morgan fingerprint density at radius 1 is 1.17 bits per heavy atom. The third-order valence-corrected chi connectivity index (χ3v) is 5.13. The van der Waals surface area contributed by atoms with Gasteiger partial charge in [-0.05, 0) is 29.3 Å². The Labute approximate surface area is 174 Å². The van der Waals surface area contributed by atoms with Crippen molar-refractivity contribution in [2.75, 3.05) is 33.0 Å². The summed E-state index contributed by atoms with van der Waals surface area (Å²) in [7, 11) is 0. The van der Waals surface area contributed by atoms with Crippen molar-refractivity contribution in [1.82, 2.24) is 20.0 Å². The molecule has 0 aliphatic carbocycles. The van der Waals surface area contributed by atoms with Gasteiger partial charge in [-0.15, -0.1) is 0 Å². The quantitative estimate of drug-likeness (QED) is 0.684. The van der Waals surface area contributed by atoms with Gasteiger partial charge in [0, 0.05) is 24.0 Å². The molecule has 2 N–H and O–H groups in total. The van der Waals surface area contributed by atoms with Crippen LogP contribution in [0.25, 0.3) is 22.0 Å². The predicted octanol–water partition coefficient (Wildman–Crippen LogP) is 1.63. The average molecular weight is 408 g/mol. The number of aromatic nitrogens is 2. The van der Waals surface area contributed by atoms with Gasteiger partial charge in [-0.25, -0.2) is 0 Å². The van der Waals surface area contributed by atoms with Crippen LogP contribution in [0.4, 0.5) is 0 Å². The zero-order valence-corrected chi connectivity index (χ0v) is 16.6. The number of aliphatic hydroxyl groups is 1. The van der Waals surface area contributed by atoms with Gasteiger partial charge >= 0.3 is 0 Å². The van der Waals surface area contributed by atoms with Gasteiger partial charge in [-0.1, -0.05) is 24.3 Å². The molecular formula is C22H24N4O4. The molecule has 8 heteroatoms. The standard InChI is InChI=1S/C22H24N4O4/c27-11-10-26-20-13-18(5-6-19(20)14-24-26)16-1-3-17(4-2-16)22(29)25-9-8-23-21(28)7-12-30-15-25/h1-6,13-14,27H,7-12,15H2,(H,23,28). The minimum atomic E-state index is -0.130. The summed E-state index contributed by atoms with van der Waals surface area (Å²) in [5, 5.41) is 17.3. The highest BCUT2D eigenvalue weighted by atomic mass is 16.5. The number of aliphatic hydroxyl groups excluding tert-OH is 1. The highest BCUT2D eigenvalue weighted by molar-refractivity contribution is 5.95.